The first-order valence-corrected chi connectivity index (χ1v) is 7.54. The summed E-state index contributed by atoms with van der Waals surface area (Å²) >= 11 is 3.53. The molecule has 3 aromatic rings. The van der Waals surface area contributed by atoms with Gasteiger partial charge in [-0.3, -0.25) is 0 Å². The van der Waals surface area contributed by atoms with E-state index in [1.807, 2.05) is 35.5 Å². The van der Waals surface area contributed by atoms with Crippen LogP contribution in [-0.4, -0.2) is 10.9 Å². The lowest BCUT2D eigenvalue weighted by Gasteiger charge is -1.92. The van der Waals surface area contributed by atoms with Gasteiger partial charge in [0.1, 0.15) is 0 Å². The molecule has 1 aliphatic rings. The lowest BCUT2D eigenvalue weighted by Crippen LogP contribution is -1.86. The van der Waals surface area contributed by atoms with Crippen molar-refractivity contribution in [2.75, 3.05) is 11.2 Å². The van der Waals surface area contributed by atoms with Crippen LogP contribution in [0, 0.1) is 0 Å². The van der Waals surface area contributed by atoms with E-state index in [1.165, 1.54) is 15.3 Å². The number of nitrogens with zero attached hydrogens (tertiary/aromatic N) is 1. The molecule has 0 spiro atoms. The number of nitrogens with one attached hydrogen (secondary N) is 1. The van der Waals surface area contributed by atoms with Crippen molar-refractivity contribution in [3.63, 3.8) is 0 Å². The van der Waals surface area contributed by atoms with Gasteiger partial charge in [0.25, 0.3) is 0 Å². The molecule has 2 heterocycles. The molecule has 0 saturated heterocycles. The molecule has 1 aliphatic heterocycles. The summed E-state index contributed by atoms with van der Waals surface area (Å²) in [6, 6.07) is 16.5. The summed E-state index contributed by atoms with van der Waals surface area (Å²) in [5.74, 6) is 1.03. The molecule has 90 valence electrons. The Morgan fingerprint density at radius 2 is 1.83 bits per heavy atom. The summed E-state index contributed by atoms with van der Waals surface area (Å²) in [5.41, 5.74) is 4.25. The Bertz CT molecular complexity index is 596. The monoisotopic (exact) mass is 272 g/mol. The predicted molar refractivity (Wildman–Crippen MR) is 80.4 cm³/mol. The summed E-state index contributed by atoms with van der Waals surface area (Å²) in [5, 5.41) is 3.26. The quantitative estimate of drug-likeness (QED) is 0.654. The van der Waals surface area contributed by atoms with Gasteiger partial charge in [0.2, 0.25) is 0 Å². The molecule has 18 heavy (non-hydrogen) atoms. The number of aromatic nitrogens is 1. The Morgan fingerprint density at radius 1 is 1.00 bits per heavy atom. The van der Waals surface area contributed by atoms with Gasteiger partial charge in [-0.15, -0.1) is 23.1 Å². The Morgan fingerprint density at radius 3 is 2.72 bits per heavy atom. The summed E-state index contributed by atoms with van der Waals surface area (Å²) in [6.45, 7) is 0. The van der Waals surface area contributed by atoms with Crippen LogP contribution in [-0.2, 0) is 0 Å². The molecule has 0 radical (unpaired) electrons. The van der Waals surface area contributed by atoms with E-state index in [9.17, 15) is 0 Å². The molecule has 4 rings (SSSR count). The highest BCUT2D eigenvalue weighted by Crippen LogP contribution is 2.32. The largest absolute Gasteiger partial charge is 0.375 e. The number of fused-ring (bicyclic) bond motifs is 2. The van der Waals surface area contributed by atoms with Crippen molar-refractivity contribution in [1.82, 2.24) is 4.98 Å². The number of para-hydroxylation sites is 2. The lowest BCUT2D eigenvalue weighted by atomic mass is 10.3. The highest BCUT2D eigenvalue weighted by Gasteiger charge is 2.06. The number of hydrogen-bond donors (Lipinski definition) is 1. The summed E-state index contributed by atoms with van der Waals surface area (Å²) in [7, 11) is 0. The van der Waals surface area contributed by atoms with Crippen LogP contribution in [0.4, 0.5) is 5.69 Å². The van der Waals surface area contributed by atoms with Crippen molar-refractivity contribution in [3.05, 3.63) is 54.0 Å². The maximum absolute atomic E-state index is 4.14. The molecule has 2 nitrogen and oxygen atoms in total. The number of rotatable bonds is 0. The first-order valence-electron chi connectivity index (χ1n) is 5.67. The zero-order valence-electron chi connectivity index (χ0n) is 9.67. The third-order valence-electron chi connectivity index (χ3n) is 2.61. The van der Waals surface area contributed by atoms with Crippen molar-refractivity contribution < 1.29 is 0 Å². The first kappa shape index (κ1) is 11.6. The zero-order chi connectivity index (χ0) is 12.2. The van der Waals surface area contributed by atoms with Gasteiger partial charge in [0, 0.05) is 10.6 Å². The highest BCUT2D eigenvalue weighted by atomic mass is 32.2. The fourth-order valence-corrected chi connectivity index (χ4v) is 3.27. The Balaban J connectivity index is 0.000000111. The minimum atomic E-state index is 1.03. The summed E-state index contributed by atoms with van der Waals surface area (Å²) in [4.78, 5) is 5.51. The Kier molecular flexibility index (Phi) is 3.48. The SMILES string of the molecule is c1ccc2c(c1)NCS2.c1ccc2scnc2c1. The Hall–Kier alpha value is -1.52. The van der Waals surface area contributed by atoms with Crippen LogP contribution in [0.15, 0.2) is 58.9 Å². The minimum Gasteiger partial charge on any atom is -0.375 e. The highest BCUT2D eigenvalue weighted by molar-refractivity contribution is 7.99. The molecule has 4 heteroatoms. The summed E-state index contributed by atoms with van der Waals surface area (Å²) in [6.07, 6.45) is 0. The third kappa shape index (κ3) is 2.49. The van der Waals surface area contributed by atoms with Crippen LogP contribution in [0.5, 0.6) is 0 Å². The van der Waals surface area contributed by atoms with E-state index in [-0.39, 0.29) is 0 Å². The molecule has 0 unspecified atom stereocenters. The van der Waals surface area contributed by atoms with E-state index in [1.54, 1.807) is 11.3 Å². The van der Waals surface area contributed by atoms with Gasteiger partial charge < -0.3 is 5.32 Å². The van der Waals surface area contributed by atoms with Crippen LogP contribution in [0.1, 0.15) is 0 Å². The van der Waals surface area contributed by atoms with Gasteiger partial charge in [0.15, 0.2) is 0 Å². The molecule has 0 atom stereocenters. The Labute approximate surface area is 114 Å². The van der Waals surface area contributed by atoms with Crippen LogP contribution in [0.25, 0.3) is 10.2 Å². The van der Waals surface area contributed by atoms with Crippen molar-refractivity contribution in [3.8, 4) is 0 Å². The maximum Gasteiger partial charge on any atom is 0.0812 e. The molecule has 2 aromatic carbocycles. The third-order valence-corrected chi connectivity index (χ3v) is 4.38. The van der Waals surface area contributed by atoms with E-state index in [4.69, 9.17) is 0 Å². The average Bonchev–Trinajstić information content (AvgIpc) is 3.08. The number of thioether (sulfide) groups is 1. The second-order valence-electron chi connectivity index (χ2n) is 3.78. The minimum absolute atomic E-state index is 1.03. The second-order valence-corrected chi connectivity index (χ2v) is 5.69. The molecule has 0 saturated carbocycles. The summed E-state index contributed by atoms with van der Waals surface area (Å²) < 4.78 is 1.26. The molecular weight excluding hydrogens is 260 g/mol. The van der Waals surface area contributed by atoms with Gasteiger partial charge in [-0.05, 0) is 24.3 Å². The van der Waals surface area contributed by atoms with E-state index in [0.717, 1.165) is 11.4 Å². The molecular formula is C14H12N2S2. The van der Waals surface area contributed by atoms with Gasteiger partial charge in [0.05, 0.1) is 21.6 Å². The molecule has 0 bridgehead atoms. The van der Waals surface area contributed by atoms with Crippen molar-refractivity contribution in [1.29, 1.82) is 0 Å². The lowest BCUT2D eigenvalue weighted by molar-refractivity contribution is 1.43. The molecule has 0 fully saturated rings. The standard InChI is InChI=1S/C7H7NS.C7H5NS/c2*1-2-4-7-6(3-1)8-5-9-7/h1-4,8H,5H2;1-5H. The smallest absolute Gasteiger partial charge is 0.0812 e. The van der Waals surface area contributed by atoms with Crippen LogP contribution >= 0.6 is 23.1 Å². The number of hydrogen-bond acceptors (Lipinski definition) is 4. The average molecular weight is 272 g/mol. The molecule has 0 amide bonds. The van der Waals surface area contributed by atoms with Gasteiger partial charge >= 0.3 is 0 Å². The predicted octanol–water partition coefficient (Wildman–Crippen LogP) is 4.46. The van der Waals surface area contributed by atoms with Gasteiger partial charge in [-0.25, -0.2) is 4.98 Å². The van der Waals surface area contributed by atoms with Crippen molar-refractivity contribution in [2.45, 2.75) is 4.90 Å². The fourth-order valence-electron chi connectivity index (χ4n) is 1.73. The fraction of sp³-hybridized carbons (Fsp3) is 0.0714. The van der Waals surface area contributed by atoms with Crippen LogP contribution in [0.2, 0.25) is 0 Å². The van der Waals surface area contributed by atoms with Crippen LogP contribution < -0.4 is 5.32 Å². The maximum atomic E-state index is 4.14. The topological polar surface area (TPSA) is 24.9 Å². The normalized spacial score (nSPS) is 12.4. The molecule has 1 N–H and O–H groups in total. The molecule has 1 aromatic heterocycles. The number of thiazole rings is 1. The molecule has 0 aliphatic carbocycles. The van der Waals surface area contributed by atoms with E-state index >= 15 is 0 Å². The second kappa shape index (κ2) is 5.42. The first-order chi connectivity index (χ1) is 8.93. The number of anilines is 1. The van der Waals surface area contributed by atoms with E-state index < -0.39 is 0 Å². The zero-order valence-corrected chi connectivity index (χ0v) is 11.3. The van der Waals surface area contributed by atoms with E-state index in [0.29, 0.717) is 0 Å². The van der Waals surface area contributed by atoms with Crippen molar-refractivity contribution in [2.24, 2.45) is 0 Å². The van der Waals surface area contributed by atoms with Crippen LogP contribution in [0.3, 0.4) is 0 Å². The van der Waals surface area contributed by atoms with Crippen molar-refractivity contribution >= 4 is 39.0 Å². The number of benzene rings is 2. The van der Waals surface area contributed by atoms with Gasteiger partial charge in [-0.1, -0.05) is 24.3 Å². The van der Waals surface area contributed by atoms with Gasteiger partial charge in [-0.2, -0.15) is 0 Å². The van der Waals surface area contributed by atoms with E-state index in [2.05, 4.69) is 40.6 Å².